The first-order valence-electron chi connectivity index (χ1n) is 4.29. The second kappa shape index (κ2) is 4.40. The molecule has 1 rings (SSSR count). The lowest BCUT2D eigenvalue weighted by atomic mass is 9.90. The van der Waals surface area contributed by atoms with E-state index in [0.717, 1.165) is 3.58 Å². The summed E-state index contributed by atoms with van der Waals surface area (Å²) in [6.45, 7) is 4.14. The van der Waals surface area contributed by atoms with Gasteiger partial charge in [-0.2, -0.15) is 0 Å². The second-order valence-corrected chi connectivity index (χ2v) is 4.77. The van der Waals surface area contributed by atoms with E-state index in [2.05, 4.69) is 36.4 Å². The van der Waals surface area contributed by atoms with Gasteiger partial charge >= 0.3 is 0 Å². The molecule has 0 spiro atoms. The average molecular weight is 280 g/mol. The van der Waals surface area contributed by atoms with Gasteiger partial charge in [-0.3, -0.25) is 0 Å². The van der Waals surface area contributed by atoms with Crippen molar-refractivity contribution >= 4 is 22.6 Å². The van der Waals surface area contributed by atoms with Gasteiger partial charge in [0.1, 0.15) is 6.17 Å². The molecular formula is C10H14FI. The van der Waals surface area contributed by atoms with Crippen molar-refractivity contribution in [2.24, 2.45) is 11.8 Å². The molecule has 1 aliphatic carbocycles. The molecule has 0 amide bonds. The first-order valence-corrected chi connectivity index (χ1v) is 5.37. The first-order chi connectivity index (χ1) is 5.61. The van der Waals surface area contributed by atoms with Crippen molar-refractivity contribution < 1.29 is 4.39 Å². The molecule has 2 unspecified atom stereocenters. The molecule has 0 fully saturated rings. The predicted octanol–water partition coefficient (Wildman–Crippen LogP) is 3.88. The first kappa shape index (κ1) is 10.2. The molecule has 0 saturated heterocycles. The molecule has 0 radical (unpaired) electrons. The summed E-state index contributed by atoms with van der Waals surface area (Å²) in [6.07, 6.45) is 5.82. The van der Waals surface area contributed by atoms with Gasteiger partial charge < -0.3 is 0 Å². The molecule has 0 N–H and O–H groups in total. The second-order valence-electron chi connectivity index (χ2n) is 3.53. The Bertz CT molecular complexity index is 206. The van der Waals surface area contributed by atoms with Gasteiger partial charge in [-0.15, -0.1) is 0 Å². The summed E-state index contributed by atoms with van der Waals surface area (Å²) in [7, 11) is 0. The van der Waals surface area contributed by atoms with E-state index in [-0.39, 0.29) is 5.92 Å². The number of rotatable bonds is 1. The van der Waals surface area contributed by atoms with Crippen LogP contribution in [0.2, 0.25) is 0 Å². The Kier molecular flexibility index (Phi) is 3.75. The minimum Gasteiger partial charge on any atom is -0.246 e. The van der Waals surface area contributed by atoms with Gasteiger partial charge in [0, 0.05) is 9.50 Å². The van der Waals surface area contributed by atoms with Crippen LogP contribution in [0.25, 0.3) is 0 Å². The van der Waals surface area contributed by atoms with Crippen molar-refractivity contribution in [1.29, 1.82) is 0 Å². The summed E-state index contributed by atoms with van der Waals surface area (Å²) in [6, 6.07) is 0. The molecule has 2 atom stereocenters. The number of hydrogen-bond donors (Lipinski definition) is 0. The van der Waals surface area contributed by atoms with Crippen LogP contribution in [0.1, 0.15) is 20.3 Å². The summed E-state index contributed by atoms with van der Waals surface area (Å²) >= 11 is 2.25. The van der Waals surface area contributed by atoms with Crippen molar-refractivity contribution in [1.82, 2.24) is 0 Å². The third-order valence-corrected chi connectivity index (χ3v) is 2.90. The maximum absolute atomic E-state index is 13.4. The van der Waals surface area contributed by atoms with Crippen LogP contribution in [-0.4, -0.2) is 6.17 Å². The molecule has 0 bridgehead atoms. The van der Waals surface area contributed by atoms with Crippen molar-refractivity contribution in [3.8, 4) is 0 Å². The molecule has 68 valence electrons. The Morgan fingerprint density at radius 2 is 2.25 bits per heavy atom. The third kappa shape index (κ3) is 2.57. The molecule has 0 aromatic carbocycles. The molecule has 0 heterocycles. The molecular weight excluding hydrogens is 266 g/mol. The highest BCUT2D eigenvalue weighted by Crippen LogP contribution is 2.28. The monoisotopic (exact) mass is 280 g/mol. The lowest BCUT2D eigenvalue weighted by Gasteiger charge is -2.19. The SMILES string of the molecule is CC(C)C1C=C(I)C=CCC1F. The van der Waals surface area contributed by atoms with Crippen LogP contribution < -0.4 is 0 Å². The molecule has 1 aliphatic rings. The van der Waals surface area contributed by atoms with E-state index < -0.39 is 6.17 Å². The average Bonchev–Trinajstić information content (AvgIpc) is 2.13. The van der Waals surface area contributed by atoms with Crippen molar-refractivity contribution in [3.63, 3.8) is 0 Å². The summed E-state index contributed by atoms with van der Waals surface area (Å²) in [5.74, 6) is 0.483. The Morgan fingerprint density at radius 1 is 1.58 bits per heavy atom. The van der Waals surface area contributed by atoms with Gasteiger partial charge in [-0.1, -0.05) is 32.1 Å². The van der Waals surface area contributed by atoms with E-state index in [4.69, 9.17) is 0 Å². The fourth-order valence-corrected chi connectivity index (χ4v) is 2.09. The van der Waals surface area contributed by atoms with Gasteiger partial charge in [0.15, 0.2) is 0 Å². The lowest BCUT2D eigenvalue weighted by molar-refractivity contribution is 0.223. The fraction of sp³-hybridized carbons (Fsp3) is 0.600. The van der Waals surface area contributed by atoms with Gasteiger partial charge in [0.2, 0.25) is 0 Å². The highest BCUT2D eigenvalue weighted by Gasteiger charge is 2.22. The molecule has 0 nitrogen and oxygen atoms in total. The van der Waals surface area contributed by atoms with E-state index >= 15 is 0 Å². The van der Waals surface area contributed by atoms with Crippen molar-refractivity contribution in [3.05, 3.63) is 21.8 Å². The topological polar surface area (TPSA) is 0 Å². The molecule has 0 aromatic rings. The van der Waals surface area contributed by atoms with Crippen LogP contribution in [0, 0.1) is 11.8 Å². The van der Waals surface area contributed by atoms with Gasteiger partial charge in [-0.05, 0) is 34.9 Å². The summed E-state index contributed by atoms with van der Waals surface area (Å²) in [4.78, 5) is 0. The fourth-order valence-electron chi connectivity index (χ4n) is 1.42. The van der Waals surface area contributed by atoms with Gasteiger partial charge in [0.05, 0.1) is 0 Å². The number of allylic oxidation sites excluding steroid dienone is 4. The van der Waals surface area contributed by atoms with Crippen LogP contribution in [0.4, 0.5) is 4.39 Å². The summed E-state index contributed by atoms with van der Waals surface area (Å²) in [5.41, 5.74) is 0. The zero-order valence-electron chi connectivity index (χ0n) is 7.43. The third-order valence-electron chi connectivity index (χ3n) is 2.18. The minimum absolute atomic E-state index is 0.0897. The number of alkyl halides is 1. The largest absolute Gasteiger partial charge is 0.246 e. The normalized spacial score (nSPS) is 30.2. The lowest BCUT2D eigenvalue weighted by Crippen LogP contribution is -2.18. The molecule has 0 aliphatic heterocycles. The summed E-state index contributed by atoms with van der Waals surface area (Å²) in [5, 5.41) is 0. The molecule has 12 heavy (non-hydrogen) atoms. The van der Waals surface area contributed by atoms with E-state index in [1.807, 2.05) is 18.2 Å². The van der Waals surface area contributed by atoms with Crippen LogP contribution in [0.15, 0.2) is 21.8 Å². The Labute approximate surface area is 87.1 Å². The van der Waals surface area contributed by atoms with E-state index in [0.29, 0.717) is 12.3 Å². The van der Waals surface area contributed by atoms with E-state index in [1.54, 1.807) is 0 Å². The maximum atomic E-state index is 13.4. The predicted molar refractivity (Wildman–Crippen MR) is 59.1 cm³/mol. The smallest absolute Gasteiger partial charge is 0.110 e. The van der Waals surface area contributed by atoms with Crippen molar-refractivity contribution in [2.75, 3.05) is 0 Å². The van der Waals surface area contributed by atoms with Crippen molar-refractivity contribution in [2.45, 2.75) is 26.4 Å². The van der Waals surface area contributed by atoms with Crippen LogP contribution in [0.3, 0.4) is 0 Å². The summed E-state index contributed by atoms with van der Waals surface area (Å²) < 4.78 is 14.6. The minimum atomic E-state index is -0.700. The molecule has 2 heteroatoms. The van der Waals surface area contributed by atoms with Gasteiger partial charge in [-0.25, -0.2) is 4.39 Å². The number of hydrogen-bond acceptors (Lipinski definition) is 0. The highest BCUT2D eigenvalue weighted by atomic mass is 127. The van der Waals surface area contributed by atoms with Crippen LogP contribution >= 0.6 is 22.6 Å². The zero-order valence-corrected chi connectivity index (χ0v) is 9.58. The maximum Gasteiger partial charge on any atom is 0.110 e. The standard InChI is InChI=1S/C10H14FI/c1-7(2)9-6-8(12)4-3-5-10(9)11/h3-4,6-7,9-10H,5H2,1-2H3. The molecule has 0 aromatic heterocycles. The highest BCUT2D eigenvalue weighted by molar-refractivity contribution is 14.1. The van der Waals surface area contributed by atoms with E-state index in [9.17, 15) is 4.39 Å². The van der Waals surface area contributed by atoms with Crippen LogP contribution in [0.5, 0.6) is 0 Å². The quantitative estimate of drug-likeness (QED) is 0.639. The van der Waals surface area contributed by atoms with Gasteiger partial charge in [0.25, 0.3) is 0 Å². The molecule has 0 saturated carbocycles. The Balaban J connectivity index is 2.78. The Hall–Kier alpha value is 0.140. The van der Waals surface area contributed by atoms with E-state index in [1.165, 1.54) is 0 Å². The number of halogens is 2. The zero-order chi connectivity index (χ0) is 9.14. The van der Waals surface area contributed by atoms with Crippen LogP contribution in [-0.2, 0) is 0 Å². The Morgan fingerprint density at radius 3 is 2.83 bits per heavy atom.